The molecule has 4 heteroatoms. The van der Waals surface area contributed by atoms with E-state index < -0.39 is 0 Å². The minimum atomic E-state index is 0.979. The second-order valence-electron chi connectivity index (χ2n) is 1.58. The maximum absolute atomic E-state index is 3.73. The number of hydrogen-bond acceptors (Lipinski definition) is 2. The summed E-state index contributed by atoms with van der Waals surface area (Å²) >= 11 is 3.16. The van der Waals surface area contributed by atoms with Gasteiger partial charge in [0.1, 0.15) is 0 Å². The van der Waals surface area contributed by atoms with Crippen LogP contribution in [-0.4, -0.2) is 15.0 Å². The highest BCUT2D eigenvalue weighted by Gasteiger charge is 1.90. The van der Waals surface area contributed by atoms with Crippen molar-refractivity contribution in [3.8, 4) is 0 Å². The fraction of sp³-hybridized carbons (Fsp3) is 0.200. The summed E-state index contributed by atoms with van der Waals surface area (Å²) < 4.78 is 1.69. The van der Waals surface area contributed by atoms with Crippen LogP contribution < -0.4 is 0 Å². The van der Waals surface area contributed by atoms with Gasteiger partial charge in [0.15, 0.2) is 0 Å². The normalized spacial score (nSPS) is 10.9. The van der Waals surface area contributed by atoms with E-state index in [1.165, 1.54) is 0 Å². The monoisotopic (exact) mass is 187 g/mol. The number of halogens is 1. The molecule has 0 aromatic carbocycles. The zero-order valence-electron chi connectivity index (χ0n) is 4.95. The summed E-state index contributed by atoms with van der Waals surface area (Å²) in [6.07, 6.45) is 3.57. The van der Waals surface area contributed by atoms with E-state index in [0.717, 1.165) is 5.69 Å². The Bertz CT molecular complexity index is 216. The van der Waals surface area contributed by atoms with Gasteiger partial charge < -0.3 is 0 Å². The van der Waals surface area contributed by atoms with Crippen LogP contribution in [0.1, 0.15) is 5.69 Å². The van der Waals surface area contributed by atoms with Crippen molar-refractivity contribution in [3.63, 3.8) is 0 Å². The molecule has 0 bridgehead atoms. The molecule has 1 heterocycles. The molecule has 0 aliphatic carbocycles. The molecule has 1 rings (SSSR count). The van der Waals surface area contributed by atoms with E-state index in [9.17, 15) is 0 Å². The number of rotatable bonds is 1. The molecule has 0 atom stereocenters. The molecule has 3 nitrogen and oxygen atoms in total. The fourth-order valence-electron chi connectivity index (χ4n) is 0.513. The lowest BCUT2D eigenvalue weighted by Gasteiger charge is -1.87. The summed E-state index contributed by atoms with van der Waals surface area (Å²) in [4.78, 5) is 1.77. The maximum Gasteiger partial charge on any atom is 0.0815 e. The van der Waals surface area contributed by atoms with E-state index in [4.69, 9.17) is 0 Å². The standard InChI is InChI=1S/C5H6BrN3/c1-9-5(2-3-6)4-7-8-9/h2-4H,1H3/b3-2+. The average Bonchev–Trinajstić information content (AvgIpc) is 2.18. The van der Waals surface area contributed by atoms with Gasteiger partial charge in [-0.3, -0.25) is 0 Å². The Hall–Kier alpha value is -0.640. The average molecular weight is 188 g/mol. The summed E-state index contributed by atoms with van der Waals surface area (Å²) in [5.41, 5.74) is 0.979. The lowest BCUT2D eigenvalue weighted by molar-refractivity contribution is 0.709. The molecule has 1 aromatic rings. The van der Waals surface area contributed by atoms with Gasteiger partial charge in [0.05, 0.1) is 11.9 Å². The smallest absolute Gasteiger partial charge is 0.0815 e. The molecular weight excluding hydrogens is 182 g/mol. The first kappa shape index (κ1) is 6.48. The van der Waals surface area contributed by atoms with Crippen LogP contribution >= 0.6 is 15.9 Å². The van der Waals surface area contributed by atoms with Gasteiger partial charge in [0.25, 0.3) is 0 Å². The summed E-state index contributed by atoms with van der Waals surface area (Å²) in [5, 5.41) is 7.41. The lowest BCUT2D eigenvalue weighted by Crippen LogP contribution is -1.91. The molecule has 0 saturated carbocycles. The van der Waals surface area contributed by atoms with Gasteiger partial charge in [0, 0.05) is 7.05 Å². The molecule has 0 N–H and O–H groups in total. The molecule has 0 saturated heterocycles. The predicted molar refractivity (Wildman–Crippen MR) is 39.0 cm³/mol. The third kappa shape index (κ3) is 1.38. The molecule has 0 amide bonds. The first-order valence-corrected chi connectivity index (χ1v) is 3.37. The summed E-state index contributed by atoms with van der Waals surface area (Å²) in [6, 6.07) is 0. The number of hydrogen-bond donors (Lipinski definition) is 0. The second kappa shape index (κ2) is 2.77. The zero-order chi connectivity index (χ0) is 6.69. The van der Waals surface area contributed by atoms with Crippen LogP contribution in [0.4, 0.5) is 0 Å². The van der Waals surface area contributed by atoms with Crippen molar-refractivity contribution in [1.29, 1.82) is 0 Å². The van der Waals surface area contributed by atoms with Crippen molar-refractivity contribution in [2.75, 3.05) is 0 Å². The van der Waals surface area contributed by atoms with E-state index in [1.54, 1.807) is 15.9 Å². The van der Waals surface area contributed by atoms with Crippen LogP contribution in [0.5, 0.6) is 0 Å². The van der Waals surface area contributed by atoms with Gasteiger partial charge in [-0.1, -0.05) is 21.1 Å². The van der Waals surface area contributed by atoms with Crippen molar-refractivity contribution in [1.82, 2.24) is 15.0 Å². The van der Waals surface area contributed by atoms with Crippen molar-refractivity contribution >= 4 is 22.0 Å². The Kier molecular flexibility index (Phi) is 2.00. The van der Waals surface area contributed by atoms with Gasteiger partial charge in [-0.25, -0.2) is 4.68 Å². The molecule has 0 radical (unpaired) electrons. The van der Waals surface area contributed by atoms with Crippen molar-refractivity contribution < 1.29 is 0 Å². The Balaban J connectivity index is 2.94. The summed E-state index contributed by atoms with van der Waals surface area (Å²) in [5.74, 6) is 0. The number of aryl methyl sites for hydroxylation is 1. The Labute approximate surface area is 61.5 Å². The van der Waals surface area contributed by atoms with Crippen LogP contribution in [0.3, 0.4) is 0 Å². The topological polar surface area (TPSA) is 30.7 Å². The van der Waals surface area contributed by atoms with Crippen molar-refractivity contribution in [2.24, 2.45) is 7.05 Å². The highest BCUT2D eigenvalue weighted by molar-refractivity contribution is 9.11. The first-order valence-electron chi connectivity index (χ1n) is 2.46. The number of nitrogens with zero attached hydrogens (tertiary/aromatic N) is 3. The maximum atomic E-state index is 3.73. The summed E-state index contributed by atoms with van der Waals surface area (Å²) in [6.45, 7) is 0. The van der Waals surface area contributed by atoms with E-state index in [-0.39, 0.29) is 0 Å². The van der Waals surface area contributed by atoms with Gasteiger partial charge in [-0.2, -0.15) is 0 Å². The molecule has 0 aliphatic heterocycles. The molecular formula is C5H6BrN3. The van der Waals surface area contributed by atoms with Gasteiger partial charge in [-0.05, 0) is 11.1 Å². The molecule has 0 fully saturated rings. The van der Waals surface area contributed by atoms with Crippen molar-refractivity contribution in [2.45, 2.75) is 0 Å². The Morgan fingerprint density at radius 3 is 3.00 bits per heavy atom. The summed E-state index contributed by atoms with van der Waals surface area (Å²) in [7, 11) is 1.84. The van der Waals surface area contributed by atoms with E-state index >= 15 is 0 Å². The Morgan fingerprint density at radius 2 is 2.56 bits per heavy atom. The quantitative estimate of drug-likeness (QED) is 0.662. The second-order valence-corrected chi connectivity index (χ2v) is 2.10. The van der Waals surface area contributed by atoms with Gasteiger partial charge in [-0.15, -0.1) is 5.10 Å². The van der Waals surface area contributed by atoms with Crippen LogP contribution in [0, 0.1) is 0 Å². The van der Waals surface area contributed by atoms with Gasteiger partial charge in [0.2, 0.25) is 0 Å². The van der Waals surface area contributed by atoms with Crippen LogP contribution in [-0.2, 0) is 7.05 Å². The largest absolute Gasteiger partial charge is 0.248 e. The first-order chi connectivity index (χ1) is 4.34. The molecule has 9 heavy (non-hydrogen) atoms. The molecule has 0 aliphatic rings. The minimum Gasteiger partial charge on any atom is -0.248 e. The molecule has 0 spiro atoms. The van der Waals surface area contributed by atoms with E-state index in [1.807, 2.05) is 13.1 Å². The third-order valence-corrected chi connectivity index (χ3v) is 1.25. The zero-order valence-corrected chi connectivity index (χ0v) is 6.54. The third-order valence-electron chi connectivity index (χ3n) is 0.983. The fourth-order valence-corrected chi connectivity index (χ4v) is 0.784. The van der Waals surface area contributed by atoms with Crippen LogP contribution in [0.15, 0.2) is 11.2 Å². The lowest BCUT2D eigenvalue weighted by atomic mass is 10.5. The highest BCUT2D eigenvalue weighted by atomic mass is 79.9. The van der Waals surface area contributed by atoms with Gasteiger partial charge >= 0.3 is 0 Å². The van der Waals surface area contributed by atoms with Crippen LogP contribution in [0.2, 0.25) is 0 Å². The molecule has 0 unspecified atom stereocenters. The molecule has 1 aromatic heterocycles. The Morgan fingerprint density at radius 1 is 1.78 bits per heavy atom. The minimum absolute atomic E-state index is 0.979. The van der Waals surface area contributed by atoms with E-state index in [2.05, 4.69) is 26.2 Å². The van der Waals surface area contributed by atoms with Crippen molar-refractivity contribution in [3.05, 3.63) is 16.9 Å². The van der Waals surface area contributed by atoms with Crippen LogP contribution in [0.25, 0.3) is 6.08 Å². The SMILES string of the molecule is Cn1nncc1/C=C/Br. The predicted octanol–water partition coefficient (Wildman–Crippen LogP) is 1.18. The number of aromatic nitrogens is 3. The highest BCUT2D eigenvalue weighted by Crippen LogP contribution is 1.97. The van der Waals surface area contributed by atoms with E-state index in [0.29, 0.717) is 0 Å². The molecule has 48 valence electrons.